The molecule has 1 heterocycles. The van der Waals surface area contributed by atoms with E-state index in [2.05, 4.69) is 10.3 Å². The first-order valence-corrected chi connectivity index (χ1v) is 5.41. The molecule has 0 aromatic carbocycles. The van der Waals surface area contributed by atoms with Gasteiger partial charge in [0.05, 0.1) is 5.54 Å². The summed E-state index contributed by atoms with van der Waals surface area (Å²) in [5.74, 6) is 5.15. The highest BCUT2D eigenvalue weighted by Gasteiger charge is 2.37. The second kappa shape index (κ2) is 4.75. The number of likely N-dealkylation sites (tertiary alicyclic amines) is 1. The zero-order valence-corrected chi connectivity index (χ0v) is 9.18. The minimum Gasteiger partial charge on any atom is -0.293 e. The van der Waals surface area contributed by atoms with E-state index in [0.29, 0.717) is 0 Å². The van der Waals surface area contributed by atoms with Crippen LogP contribution in [0.5, 0.6) is 0 Å². The van der Waals surface area contributed by atoms with Crippen LogP contribution in [0.3, 0.4) is 0 Å². The van der Waals surface area contributed by atoms with E-state index in [1.54, 1.807) is 0 Å². The molecule has 0 spiro atoms. The Morgan fingerprint density at radius 2 is 2.00 bits per heavy atom. The maximum absolute atomic E-state index is 11.7. The summed E-state index contributed by atoms with van der Waals surface area (Å²) in [5, 5.41) is 0. The van der Waals surface area contributed by atoms with Crippen LogP contribution in [0.4, 0.5) is 0 Å². The molecular weight excluding hydrogens is 178 g/mol. The van der Waals surface area contributed by atoms with Gasteiger partial charge in [0.25, 0.3) is 5.91 Å². The number of amides is 1. The predicted octanol–water partition coefficient (Wildman–Crippen LogP) is 0.631. The van der Waals surface area contributed by atoms with E-state index >= 15 is 0 Å². The van der Waals surface area contributed by atoms with Crippen LogP contribution in [0, 0.1) is 0 Å². The molecule has 82 valence electrons. The van der Waals surface area contributed by atoms with Crippen molar-refractivity contribution in [2.45, 2.75) is 45.1 Å². The zero-order chi connectivity index (χ0) is 10.6. The first kappa shape index (κ1) is 11.5. The summed E-state index contributed by atoms with van der Waals surface area (Å²) in [4.78, 5) is 13.9. The van der Waals surface area contributed by atoms with E-state index in [1.807, 2.05) is 13.8 Å². The minimum atomic E-state index is -0.421. The van der Waals surface area contributed by atoms with Gasteiger partial charge in [0, 0.05) is 0 Å². The fraction of sp³-hybridized carbons (Fsp3) is 0.900. The molecule has 0 bridgehead atoms. The van der Waals surface area contributed by atoms with Gasteiger partial charge in [-0.15, -0.1) is 0 Å². The largest absolute Gasteiger partial charge is 0.293 e. The average Bonchev–Trinajstić information content (AvgIpc) is 2.28. The number of nitrogens with zero attached hydrogens (tertiary/aromatic N) is 1. The lowest BCUT2D eigenvalue weighted by molar-refractivity contribution is -0.133. The molecule has 1 aliphatic heterocycles. The second-order valence-corrected chi connectivity index (χ2v) is 4.15. The number of piperidine rings is 1. The number of hydrazine groups is 1. The molecule has 0 saturated carbocycles. The van der Waals surface area contributed by atoms with Gasteiger partial charge in [-0.05, 0) is 39.3 Å². The van der Waals surface area contributed by atoms with Crippen LogP contribution in [-0.4, -0.2) is 29.4 Å². The fourth-order valence-electron chi connectivity index (χ4n) is 2.07. The molecule has 1 fully saturated rings. The predicted molar refractivity (Wildman–Crippen MR) is 56.5 cm³/mol. The first-order valence-electron chi connectivity index (χ1n) is 5.41. The molecule has 0 aromatic heterocycles. The van der Waals surface area contributed by atoms with E-state index in [1.165, 1.54) is 19.3 Å². The van der Waals surface area contributed by atoms with Crippen molar-refractivity contribution in [2.75, 3.05) is 13.1 Å². The smallest absolute Gasteiger partial charge is 0.254 e. The second-order valence-electron chi connectivity index (χ2n) is 4.15. The van der Waals surface area contributed by atoms with Crippen LogP contribution in [0.15, 0.2) is 0 Å². The molecule has 14 heavy (non-hydrogen) atoms. The van der Waals surface area contributed by atoms with E-state index in [0.717, 1.165) is 19.5 Å². The molecule has 1 aliphatic rings. The Morgan fingerprint density at radius 3 is 2.43 bits per heavy atom. The summed E-state index contributed by atoms with van der Waals surface area (Å²) in [7, 11) is 0. The van der Waals surface area contributed by atoms with Gasteiger partial charge in [-0.1, -0.05) is 13.3 Å². The fourth-order valence-corrected chi connectivity index (χ4v) is 2.07. The Hall–Kier alpha value is -0.610. The van der Waals surface area contributed by atoms with Crippen LogP contribution in [0.1, 0.15) is 39.5 Å². The maximum Gasteiger partial charge on any atom is 0.254 e. The molecule has 1 rings (SSSR count). The number of nitrogens with one attached hydrogen (secondary N) is 1. The number of carbonyl (C=O) groups is 1. The summed E-state index contributed by atoms with van der Waals surface area (Å²) in [5.41, 5.74) is 1.85. The van der Waals surface area contributed by atoms with Crippen LogP contribution in [0.25, 0.3) is 0 Å². The molecule has 3 N–H and O–H groups in total. The third-order valence-electron chi connectivity index (χ3n) is 3.36. The summed E-state index contributed by atoms with van der Waals surface area (Å²) in [6, 6.07) is 0. The lowest BCUT2D eigenvalue weighted by Gasteiger charge is -2.41. The summed E-state index contributed by atoms with van der Waals surface area (Å²) < 4.78 is 0. The van der Waals surface area contributed by atoms with Crippen molar-refractivity contribution < 1.29 is 4.79 Å². The Morgan fingerprint density at radius 1 is 1.43 bits per heavy atom. The van der Waals surface area contributed by atoms with Gasteiger partial charge in [-0.2, -0.15) is 0 Å². The van der Waals surface area contributed by atoms with Crippen molar-refractivity contribution in [3.05, 3.63) is 0 Å². The minimum absolute atomic E-state index is 0.0677. The molecule has 4 heteroatoms. The third-order valence-corrected chi connectivity index (χ3v) is 3.36. The summed E-state index contributed by atoms with van der Waals surface area (Å²) >= 11 is 0. The Bertz CT molecular complexity index is 202. The molecule has 0 radical (unpaired) electrons. The van der Waals surface area contributed by atoms with E-state index in [4.69, 9.17) is 5.84 Å². The first-order chi connectivity index (χ1) is 6.65. The number of hydrogen-bond donors (Lipinski definition) is 2. The lowest BCUT2D eigenvalue weighted by atomic mass is 9.92. The van der Waals surface area contributed by atoms with Crippen LogP contribution < -0.4 is 11.3 Å². The summed E-state index contributed by atoms with van der Waals surface area (Å²) in [6.45, 7) is 6.03. The molecular formula is C10H21N3O. The number of rotatable bonds is 3. The third kappa shape index (κ3) is 2.07. The van der Waals surface area contributed by atoms with Gasteiger partial charge in [-0.25, -0.2) is 5.84 Å². The topological polar surface area (TPSA) is 58.4 Å². The quantitative estimate of drug-likeness (QED) is 0.398. The molecule has 1 atom stereocenters. The zero-order valence-electron chi connectivity index (χ0n) is 9.18. The van der Waals surface area contributed by atoms with Crippen molar-refractivity contribution in [2.24, 2.45) is 5.84 Å². The van der Waals surface area contributed by atoms with Crippen molar-refractivity contribution in [1.29, 1.82) is 0 Å². The van der Waals surface area contributed by atoms with Crippen molar-refractivity contribution in [3.63, 3.8) is 0 Å². The van der Waals surface area contributed by atoms with Crippen molar-refractivity contribution in [3.8, 4) is 0 Å². The normalized spacial score (nSPS) is 22.8. The van der Waals surface area contributed by atoms with Crippen LogP contribution in [0.2, 0.25) is 0 Å². The summed E-state index contributed by atoms with van der Waals surface area (Å²) in [6.07, 6.45) is 4.46. The number of nitrogens with two attached hydrogens (primary N) is 1. The average molecular weight is 199 g/mol. The highest BCUT2D eigenvalue weighted by Crippen LogP contribution is 2.23. The van der Waals surface area contributed by atoms with Gasteiger partial charge < -0.3 is 0 Å². The number of hydrogen-bond acceptors (Lipinski definition) is 3. The van der Waals surface area contributed by atoms with Crippen molar-refractivity contribution >= 4 is 5.91 Å². The highest BCUT2D eigenvalue weighted by atomic mass is 16.2. The maximum atomic E-state index is 11.7. The molecule has 1 amide bonds. The Balaban J connectivity index is 2.71. The lowest BCUT2D eigenvalue weighted by Crippen LogP contribution is -2.59. The number of carbonyl (C=O) groups excluding carboxylic acids is 1. The monoisotopic (exact) mass is 199 g/mol. The van der Waals surface area contributed by atoms with Gasteiger partial charge >= 0.3 is 0 Å². The van der Waals surface area contributed by atoms with Gasteiger partial charge in [0.2, 0.25) is 0 Å². The molecule has 0 aliphatic carbocycles. The standard InChI is InChI=1S/C10H21N3O/c1-3-10(2,9(14)12-11)13-7-5-4-6-8-13/h3-8,11H2,1-2H3,(H,12,14). The van der Waals surface area contributed by atoms with Crippen molar-refractivity contribution in [1.82, 2.24) is 10.3 Å². The van der Waals surface area contributed by atoms with E-state index < -0.39 is 5.54 Å². The van der Waals surface area contributed by atoms with Gasteiger partial charge in [-0.3, -0.25) is 15.1 Å². The van der Waals surface area contributed by atoms with E-state index in [-0.39, 0.29) is 5.91 Å². The van der Waals surface area contributed by atoms with Gasteiger partial charge in [0.15, 0.2) is 0 Å². The molecule has 1 saturated heterocycles. The van der Waals surface area contributed by atoms with Crippen LogP contribution >= 0.6 is 0 Å². The molecule has 0 aromatic rings. The van der Waals surface area contributed by atoms with E-state index in [9.17, 15) is 4.79 Å². The SMILES string of the molecule is CCC(C)(C(=O)NN)N1CCCCC1. The van der Waals surface area contributed by atoms with Crippen LogP contribution in [-0.2, 0) is 4.79 Å². The Labute approximate surface area is 85.8 Å². The molecule has 4 nitrogen and oxygen atoms in total. The van der Waals surface area contributed by atoms with Gasteiger partial charge in [0.1, 0.15) is 0 Å². The Kier molecular flexibility index (Phi) is 3.89. The molecule has 1 unspecified atom stereocenters. The highest BCUT2D eigenvalue weighted by molar-refractivity contribution is 5.85.